The molecule has 4 N–H and O–H groups in total. The molecular weight excluding hydrogens is 698 g/mol. The van der Waals surface area contributed by atoms with Crippen molar-refractivity contribution in [3.05, 3.63) is 59.3 Å². The van der Waals surface area contributed by atoms with Gasteiger partial charge in [0, 0.05) is 0 Å². The first-order valence-electron chi connectivity index (χ1n) is 19.2. The molecule has 0 bridgehead atoms. The zero-order valence-corrected chi connectivity index (χ0v) is 32.6. The second kappa shape index (κ2) is 24.2. The molecule has 14 heteroatoms. The zero-order chi connectivity index (χ0) is 38.4. The molecule has 0 unspecified atom stereocenters. The minimum absolute atomic E-state index is 0.0116. The monoisotopic (exact) mass is 758 g/mol. The van der Waals surface area contributed by atoms with Gasteiger partial charge in [0.15, 0.2) is 0 Å². The van der Waals surface area contributed by atoms with Crippen LogP contribution in [0.5, 0.6) is 0 Å². The molecule has 12 nitrogen and oxygen atoms in total. The maximum absolute atomic E-state index is 14.1. The normalized spacial score (nSPS) is 13.8. The molecule has 0 radical (unpaired) electrons. The standard InChI is InChI=1S/C39H60FN6O6P/c1-3-4-5-6-7-8-9-10-11-12-13-14-15-16-17-18-36(50-27-33-23-32(26-41)24-34(40)25-33)28-51-53(47,48)52-30-39(29-42,49-2)22-21-35-19-20-37-38(43)44-31-45-46(35)37/h19-20,23-25,31,36,47-48,53H,3-18,21-22,27-28,30H2,1-2H3,(H2,43,44,45)/t36-,39+/m0/s1. The summed E-state index contributed by atoms with van der Waals surface area (Å²) in [6, 6.07) is 11.7. The number of halogens is 1. The van der Waals surface area contributed by atoms with Gasteiger partial charge in [-0.3, -0.25) is 0 Å². The van der Waals surface area contributed by atoms with E-state index in [-0.39, 0.29) is 25.2 Å². The van der Waals surface area contributed by atoms with Crippen molar-refractivity contribution in [1.82, 2.24) is 14.6 Å². The Kier molecular flexibility index (Phi) is 20.2. The van der Waals surface area contributed by atoms with Crippen molar-refractivity contribution < 1.29 is 32.7 Å². The van der Waals surface area contributed by atoms with Crippen molar-refractivity contribution in [2.45, 2.75) is 141 Å². The van der Waals surface area contributed by atoms with Crippen molar-refractivity contribution in [2.75, 3.05) is 26.1 Å². The van der Waals surface area contributed by atoms with E-state index in [1.807, 2.05) is 12.1 Å². The Morgan fingerprint density at radius 3 is 2.17 bits per heavy atom. The Hall–Kier alpha value is -3.26. The summed E-state index contributed by atoms with van der Waals surface area (Å²) in [5, 5.41) is 23.5. The van der Waals surface area contributed by atoms with Crippen LogP contribution in [0.3, 0.4) is 0 Å². The van der Waals surface area contributed by atoms with Crippen LogP contribution in [0.15, 0.2) is 36.7 Å². The molecule has 3 rings (SSSR count). The first-order chi connectivity index (χ1) is 25.6. The number of methoxy groups -OCH3 is 1. The second-order valence-corrected chi connectivity index (χ2v) is 15.5. The summed E-state index contributed by atoms with van der Waals surface area (Å²) in [5.74, 6) is -0.212. The molecule has 0 saturated carbocycles. The quantitative estimate of drug-likeness (QED) is 0.0456. The van der Waals surface area contributed by atoms with Crippen LogP contribution in [-0.2, 0) is 31.5 Å². The SMILES string of the molecule is CCCCCCCCCCCCCCCCC[C@@H](CO[PH](O)(O)OC[C@](C#N)(CCc1ccc2c(N)ncnn12)OC)OCc1cc(F)cc(C#N)c1. The summed E-state index contributed by atoms with van der Waals surface area (Å²) in [5.41, 5.74) is 6.49. The van der Waals surface area contributed by atoms with Crippen molar-refractivity contribution in [2.24, 2.45) is 0 Å². The molecule has 0 fully saturated rings. The predicted molar refractivity (Wildman–Crippen MR) is 205 cm³/mol. The van der Waals surface area contributed by atoms with Crippen LogP contribution >= 0.6 is 8.17 Å². The molecule has 1 aromatic carbocycles. The maximum atomic E-state index is 14.1. The zero-order valence-electron chi connectivity index (χ0n) is 31.6. The summed E-state index contributed by atoms with van der Waals surface area (Å²) in [4.78, 5) is 25.5. The number of benzene rings is 1. The molecule has 0 spiro atoms. The van der Waals surface area contributed by atoms with E-state index >= 15 is 0 Å². The van der Waals surface area contributed by atoms with E-state index in [4.69, 9.17) is 24.3 Å². The van der Waals surface area contributed by atoms with Gasteiger partial charge in [0.1, 0.15) is 0 Å². The van der Waals surface area contributed by atoms with Gasteiger partial charge in [0.05, 0.1) is 0 Å². The number of rotatable bonds is 29. The Labute approximate surface area is 315 Å². The topological polar surface area (TPSA) is 181 Å². The number of hydrogen-bond acceptors (Lipinski definition) is 11. The summed E-state index contributed by atoms with van der Waals surface area (Å²) in [6.07, 6.45) is 20.5. The Bertz CT molecular complexity index is 1580. The van der Waals surface area contributed by atoms with Crippen LogP contribution < -0.4 is 5.73 Å². The van der Waals surface area contributed by atoms with E-state index in [2.05, 4.69) is 23.1 Å². The van der Waals surface area contributed by atoms with Gasteiger partial charge < -0.3 is 0 Å². The van der Waals surface area contributed by atoms with Gasteiger partial charge in [0.25, 0.3) is 0 Å². The number of aryl methyl sites for hydroxylation is 1. The number of anilines is 1. The van der Waals surface area contributed by atoms with E-state index in [0.717, 1.165) is 31.0 Å². The van der Waals surface area contributed by atoms with Gasteiger partial charge in [-0.1, -0.05) is 51.9 Å². The van der Waals surface area contributed by atoms with Crippen LogP contribution in [0.2, 0.25) is 0 Å². The van der Waals surface area contributed by atoms with Gasteiger partial charge in [0.2, 0.25) is 0 Å². The van der Waals surface area contributed by atoms with Crippen LogP contribution in [0.1, 0.15) is 133 Å². The molecule has 0 saturated heterocycles. The second-order valence-electron chi connectivity index (χ2n) is 13.9. The number of nitriles is 2. The van der Waals surface area contributed by atoms with Gasteiger partial charge >= 0.3 is 264 Å². The number of unbranched alkanes of at least 4 members (excludes halogenated alkanes) is 14. The number of nitrogens with zero attached hydrogens (tertiary/aromatic N) is 5. The number of fused-ring (bicyclic) bond motifs is 1. The van der Waals surface area contributed by atoms with E-state index < -0.39 is 32.3 Å². The molecule has 2 atom stereocenters. The summed E-state index contributed by atoms with van der Waals surface area (Å²) in [6.45, 7) is 1.62. The number of hydrogen-bond donors (Lipinski definition) is 3. The van der Waals surface area contributed by atoms with Gasteiger partial charge in [-0.15, -0.1) is 0 Å². The number of aromatic nitrogens is 3. The predicted octanol–water partition coefficient (Wildman–Crippen LogP) is 8.44. The fourth-order valence-electron chi connectivity index (χ4n) is 6.32. The van der Waals surface area contributed by atoms with Crippen molar-refractivity contribution in [3.63, 3.8) is 0 Å². The van der Waals surface area contributed by atoms with Crippen LogP contribution in [0.25, 0.3) is 5.52 Å². The molecule has 0 aliphatic rings. The van der Waals surface area contributed by atoms with Crippen LogP contribution in [0, 0.1) is 28.5 Å². The van der Waals surface area contributed by atoms with Gasteiger partial charge in [-0.25, -0.2) is 0 Å². The summed E-state index contributed by atoms with van der Waals surface area (Å²) < 4.78 is 38.2. The molecule has 53 heavy (non-hydrogen) atoms. The summed E-state index contributed by atoms with van der Waals surface area (Å²) in [7, 11) is -3.38. The van der Waals surface area contributed by atoms with Crippen molar-refractivity contribution in [1.29, 1.82) is 10.5 Å². The third-order valence-corrected chi connectivity index (χ3v) is 10.7. The number of nitrogens with two attached hydrogens (primary N) is 1. The Morgan fingerprint density at radius 1 is 0.925 bits per heavy atom. The fourth-order valence-corrected chi connectivity index (χ4v) is 7.23. The first kappa shape index (κ1) is 44.1. The molecule has 2 aromatic heterocycles. The molecule has 0 amide bonds. The van der Waals surface area contributed by atoms with E-state index in [1.54, 1.807) is 16.6 Å². The first-order valence-corrected chi connectivity index (χ1v) is 20.9. The number of nitrogen functional groups attached to an aromatic ring is 1. The van der Waals surface area contributed by atoms with Gasteiger partial charge in [-0.2, -0.15) is 0 Å². The van der Waals surface area contributed by atoms with Crippen molar-refractivity contribution in [3.8, 4) is 12.1 Å². The number of ether oxygens (including phenoxy) is 2. The Balaban J connectivity index is 1.46. The fraction of sp³-hybridized carbons (Fsp3) is 0.641. The molecule has 3 aromatic rings. The molecule has 2 heterocycles. The van der Waals surface area contributed by atoms with Crippen LogP contribution in [-0.4, -0.2) is 56.4 Å². The summed E-state index contributed by atoms with van der Waals surface area (Å²) >= 11 is 0. The van der Waals surface area contributed by atoms with Crippen LogP contribution in [0.4, 0.5) is 10.2 Å². The minimum atomic E-state index is -4.73. The average Bonchev–Trinajstić information content (AvgIpc) is 3.58. The molecule has 294 valence electrons. The Morgan fingerprint density at radius 2 is 1.57 bits per heavy atom. The van der Waals surface area contributed by atoms with E-state index in [1.165, 1.54) is 96.6 Å². The third kappa shape index (κ3) is 16.3. The third-order valence-electron chi connectivity index (χ3n) is 9.59. The van der Waals surface area contributed by atoms with E-state index in [0.29, 0.717) is 29.7 Å². The van der Waals surface area contributed by atoms with Crippen molar-refractivity contribution >= 4 is 19.5 Å². The molecule has 0 aliphatic carbocycles. The van der Waals surface area contributed by atoms with Gasteiger partial charge in [-0.05, 0) is 0 Å². The molecular formula is C39H60FN6O6P. The van der Waals surface area contributed by atoms with E-state index in [9.17, 15) is 24.7 Å². The molecule has 0 aliphatic heterocycles. The average molecular weight is 759 g/mol.